The number of rotatable bonds is 1. The molecule has 0 amide bonds. The highest BCUT2D eigenvalue weighted by molar-refractivity contribution is 5.25. The summed E-state index contributed by atoms with van der Waals surface area (Å²) in [6.45, 7) is 5.91. The summed E-state index contributed by atoms with van der Waals surface area (Å²) in [7, 11) is 0. The van der Waals surface area contributed by atoms with Gasteiger partial charge in [0.25, 0.3) is 0 Å². The van der Waals surface area contributed by atoms with E-state index in [1.165, 1.54) is 0 Å². The number of H-pyrrole nitrogens is 1. The molecule has 1 heterocycles. The van der Waals surface area contributed by atoms with Gasteiger partial charge in [-0.1, -0.05) is 0 Å². The Bertz CT molecular complexity index is 205. The molecule has 1 aromatic rings. The number of nitrogens with two attached hydrogens (primary N) is 1. The number of aromatic amines is 1. The lowest BCUT2D eigenvalue weighted by Crippen LogP contribution is -2.06. The average molecular weight is 139 g/mol. The molecule has 0 saturated carbocycles. The molecule has 1 rings (SSSR count). The topological polar surface area (TPSA) is 54.7 Å². The SMILES string of the molecule is Cc1n[nH]c(C)c1[C@@H](C)N. The summed E-state index contributed by atoms with van der Waals surface area (Å²) in [6, 6.07) is 0.0822. The van der Waals surface area contributed by atoms with Crippen LogP contribution >= 0.6 is 0 Å². The number of hydrogen-bond acceptors (Lipinski definition) is 2. The molecule has 10 heavy (non-hydrogen) atoms. The highest BCUT2D eigenvalue weighted by Gasteiger charge is 2.08. The monoisotopic (exact) mass is 139 g/mol. The van der Waals surface area contributed by atoms with Gasteiger partial charge < -0.3 is 5.73 Å². The Morgan fingerprint density at radius 3 is 2.30 bits per heavy atom. The summed E-state index contributed by atoms with van der Waals surface area (Å²) in [6.07, 6.45) is 0. The van der Waals surface area contributed by atoms with Gasteiger partial charge in [0.15, 0.2) is 0 Å². The number of nitrogens with one attached hydrogen (secondary N) is 1. The normalized spacial score (nSPS) is 13.6. The lowest BCUT2D eigenvalue weighted by atomic mass is 10.1. The Hall–Kier alpha value is -0.830. The average Bonchev–Trinajstić information content (AvgIpc) is 2.11. The van der Waals surface area contributed by atoms with Gasteiger partial charge in [0.2, 0.25) is 0 Å². The van der Waals surface area contributed by atoms with E-state index in [0.29, 0.717) is 0 Å². The fourth-order valence-corrected chi connectivity index (χ4v) is 1.23. The molecule has 0 aliphatic carbocycles. The van der Waals surface area contributed by atoms with Gasteiger partial charge in [0.1, 0.15) is 0 Å². The van der Waals surface area contributed by atoms with Crippen molar-refractivity contribution in [3.8, 4) is 0 Å². The zero-order valence-corrected chi connectivity index (χ0v) is 6.60. The van der Waals surface area contributed by atoms with Crippen LogP contribution in [-0.4, -0.2) is 10.2 Å². The van der Waals surface area contributed by atoms with Crippen molar-refractivity contribution in [3.05, 3.63) is 17.0 Å². The maximum Gasteiger partial charge on any atom is 0.0641 e. The second kappa shape index (κ2) is 2.42. The number of aromatic nitrogens is 2. The first kappa shape index (κ1) is 7.28. The summed E-state index contributed by atoms with van der Waals surface area (Å²) in [5.41, 5.74) is 8.92. The Balaban J connectivity index is 3.10. The zero-order valence-electron chi connectivity index (χ0n) is 6.60. The summed E-state index contributed by atoms with van der Waals surface area (Å²) in [5, 5.41) is 6.92. The first-order chi connectivity index (χ1) is 4.63. The van der Waals surface area contributed by atoms with E-state index in [9.17, 15) is 0 Å². The molecule has 56 valence electrons. The van der Waals surface area contributed by atoms with Crippen molar-refractivity contribution in [2.24, 2.45) is 5.73 Å². The third-order valence-electron chi connectivity index (χ3n) is 1.64. The quantitative estimate of drug-likeness (QED) is 0.611. The van der Waals surface area contributed by atoms with E-state index in [0.717, 1.165) is 17.0 Å². The van der Waals surface area contributed by atoms with Crippen LogP contribution in [0.25, 0.3) is 0 Å². The van der Waals surface area contributed by atoms with Crippen molar-refractivity contribution in [2.45, 2.75) is 26.8 Å². The molecule has 0 bridgehead atoms. The lowest BCUT2D eigenvalue weighted by molar-refractivity contribution is 0.803. The number of hydrogen-bond donors (Lipinski definition) is 2. The Labute approximate surface area is 60.6 Å². The van der Waals surface area contributed by atoms with Gasteiger partial charge in [-0.25, -0.2) is 0 Å². The first-order valence-electron chi connectivity index (χ1n) is 3.40. The van der Waals surface area contributed by atoms with Gasteiger partial charge in [-0.05, 0) is 20.8 Å². The van der Waals surface area contributed by atoms with E-state index in [-0.39, 0.29) is 6.04 Å². The van der Waals surface area contributed by atoms with Crippen LogP contribution in [-0.2, 0) is 0 Å². The minimum absolute atomic E-state index is 0.0822. The Morgan fingerprint density at radius 2 is 2.10 bits per heavy atom. The summed E-state index contributed by atoms with van der Waals surface area (Å²) in [4.78, 5) is 0. The van der Waals surface area contributed by atoms with Crippen LogP contribution in [0, 0.1) is 13.8 Å². The molecule has 3 N–H and O–H groups in total. The smallest absolute Gasteiger partial charge is 0.0641 e. The predicted octanol–water partition coefficient (Wildman–Crippen LogP) is 1.05. The van der Waals surface area contributed by atoms with Gasteiger partial charge in [-0.2, -0.15) is 5.10 Å². The van der Waals surface area contributed by atoms with E-state index in [1.54, 1.807) is 0 Å². The van der Waals surface area contributed by atoms with E-state index < -0.39 is 0 Å². The van der Waals surface area contributed by atoms with Gasteiger partial charge in [-0.15, -0.1) is 0 Å². The van der Waals surface area contributed by atoms with E-state index in [1.807, 2.05) is 20.8 Å². The molecule has 0 aliphatic rings. The minimum atomic E-state index is 0.0822. The van der Waals surface area contributed by atoms with E-state index in [2.05, 4.69) is 10.2 Å². The molecule has 0 unspecified atom stereocenters. The second-order valence-corrected chi connectivity index (χ2v) is 2.64. The van der Waals surface area contributed by atoms with Crippen molar-refractivity contribution in [1.29, 1.82) is 0 Å². The summed E-state index contributed by atoms with van der Waals surface area (Å²) >= 11 is 0. The molecule has 0 spiro atoms. The van der Waals surface area contributed by atoms with Crippen LogP contribution in [0.2, 0.25) is 0 Å². The molecule has 0 aromatic carbocycles. The Morgan fingerprint density at radius 1 is 1.50 bits per heavy atom. The van der Waals surface area contributed by atoms with Crippen LogP contribution in [0.15, 0.2) is 0 Å². The van der Waals surface area contributed by atoms with Crippen LogP contribution in [0.1, 0.15) is 29.9 Å². The van der Waals surface area contributed by atoms with Crippen LogP contribution in [0.4, 0.5) is 0 Å². The van der Waals surface area contributed by atoms with Crippen molar-refractivity contribution in [3.63, 3.8) is 0 Å². The van der Waals surface area contributed by atoms with Gasteiger partial charge in [0, 0.05) is 17.3 Å². The molecule has 0 saturated heterocycles. The molecule has 3 heteroatoms. The van der Waals surface area contributed by atoms with E-state index >= 15 is 0 Å². The number of nitrogens with zero attached hydrogens (tertiary/aromatic N) is 1. The molecule has 1 aromatic heterocycles. The third kappa shape index (κ3) is 1.04. The minimum Gasteiger partial charge on any atom is -0.324 e. The first-order valence-corrected chi connectivity index (χ1v) is 3.40. The van der Waals surface area contributed by atoms with Gasteiger partial charge in [0.05, 0.1) is 5.69 Å². The fourth-order valence-electron chi connectivity index (χ4n) is 1.23. The van der Waals surface area contributed by atoms with Crippen LogP contribution < -0.4 is 5.73 Å². The van der Waals surface area contributed by atoms with Crippen molar-refractivity contribution in [2.75, 3.05) is 0 Å². The summed E-state index contributed by atoms with van der Waals surface area (Å²) < 4.78 is 0. The molecular weight excluding hydrogens is 126 g/mol. The maximum atomic E-state index is 5.70. The maximum absolute atomic E-state index is 5.70. The van der Waals surface area contributed by atoms with Crippen LogP contribution in [0.5, 0.6) is 0 Å². The largest absolute Gasteiger partial charge is 0.324 e. The highest BCUT2D eigenvalue weighted by Crippen LogP contribution is 2.15. The molecule has 0 radical (unpaired) electrons. The third-order valence-corrected chi connectivity index (χ3v) is 1.64. The molecule has 3 nitrogen and oxygen atoms in total. The molecule has 0 fully saturated rings. The van der Waals surface area contributed by atoms with Crippen molar-refractivity contribution >= 4 is 0 Å². The summed E-state index contributed by atoms with van der Waals surface area (Å²) in [5.74, 6) is 0. The van der Waals surface area contributed by atoms with Crippen LogP contribution in [0.3, 0.4) is 0 Å². The molecule has 0 aliphatic heterocycles. The molecular formula is C7H13N3. The lowest BCUT2D eigenvalue weighted by Gasteiger charge is -2.03. The van der Waals surface area contributed by atoms with Crippen molar-refractivity contribution in [1.82, 2.24) is 10.2 Å². The zero-order chi connectivity index (χ0) is 7.72. The highest BCUT2D eigenvalue weighted by atomic mass is 15.1. The second-order valence-electron chi connectivity index (χ2n) is 2.64. The number of aryl methyl sites for hydroxylation is 2. The predicted molar refractivity (Wildman–Crippen MR) is 40.7 cm³/mol. The van der Waals surface area contributed by atoms with Gasteiger partial charge in [-0.3, -0.25) is 5.10 Å². The van der Waals surface area contributed by atoms with Crippen molar-refractivity contribution < 1.29 is 0 Å². The standard InChI is InChI=1S/C7H13N3/c1-4(8)7-5(2)9-10-6(7)3/h4H,8H2,1-3H3,(H,9,10)/t4-/m1/s1. The molecule has 1 atom stereocenters. The Kier molecular flexibility index (Phi) is 1.76. The van der Waals surface area contributed by atoms with E-state index in [4.69, 9.17) is 5.73 Å². The van der Waals surface area contributed by atoms with Gasteiger partial charge >= 0.3 is 0 Å². The fraction of sp³-hybridized carbons (Fsp3) is 0.571.